The van der Waals surface area contributed by atoms with Gasteiger partial charge in [-0.3, -0.25) is 9.69 Å². The summed E-state index contributed by atoms with van der Waals surface area (Å²) in [6.07, 6.45) is 0.727. The number of hydrogen-bond acceptors (Lipinski definition) is 7. The zero-order valence-electron chi connectivity index (χ0n) is 16.3. The van der Waals surface area contributed by atoms with E-state index < -0.39 is 0 Å². The molecule has 1 amide bonds. The van der Waals surface area contributed by atoms with Crippen LogP contribution < -0.4 is 9.47 Å². The lowest BCUT2D eigenvalue weighted by Crippen LogP contribution is -2.49. The van der Waals surface area contributed by atoms with E-state index in [-0.39, 0.29) is 11.9 Å². The van der Waals surface area contributed by atoms with Gasteiger partial charge in [0.1, 0.15) is 0 Å². The molecule has 1 saturated heterocycles. The molecule has 1 aliphatic rings. The lowest BCUT2D eigenvalue weighted by Gasteiger charge is -2.37. The van der Waals surface area contributed by atoms with Crippen molar-refractivity contribution in [1.29, 1.82) is 0 Å². The highest BCUT2D eigenvalue weighted by Crippen LogP contribution is 2.32. The van der Waals surface area contributed by atoms with Crippen LogP contribution >= 0.6 is 0 Å². The van der Waals surface area contributed by atoms with Gasteiger partial charge in [-0.25, -0.2) is 0 Å². The molecule has 0 bridgehead atoms. The molecule has 0 saturated carbocycles. The molecule has 2 heterocycles. The van der Waals surface area contributed by atoms with Crippen LogP contribution in [0.15, 0.2) is 22.6 Å². The largest absolute Gasteiger partial charge is 0.493 e. The van der Waals surface area contributed by atoms with Crippen molar-refractivity contribution >= 4 is 5.91 Å². The third-order valence-electron chi connectivity index (χ3n) is 4.92. The van der Waals surface area contributed by atoms with Gasteiger partial charge in [-0.15, -0.1) is 10.2 Å². The van der Waals surface area contributed by atoms with Gasteiger partial charge in [-0.1, -0.05) is 13.0 Å². The summed E-state index contributed by atoms with van der Waals surface area (Å²) in [7, 11) is 3.11. The number of piperazine rings is 1. The maximum Gasteiger partial charge on any atom is 0.257 e. The zero-order chi connectivity index (χ0) is 19.4. The van der Waals surface area contributed by atoms with E-state index in [9.17, 15) is 4.79 Å². The van der Waals surface area contributed by atoms with Crippen LogP contribution in [0.3, 0.4) is 0 Å². The van der Waals surface area contributed by atoms with Crippen LogP contribution in [0, 0.1) is 0 Å². The fraction of sp³-hybridized carbons (Fsp3) is 0.526. The molecular formula is C19H26N4O4. The first-order chi connectivity index (χ1) is 13.1. The average Bonchev–Trinajstić information content (AvgIpc) is 3.21. The van der Waals surface area contributed by atoms with Gasteiger partial charge in [0.25, 0.3) is 5.91 Å². The highest BCUT2D eigenvalue weighted by atomic mass is 16.5. The van der Waals surface area contributed by atoms with Gasteiger partial charge in [0.15, 0.2) is 11.5 Å². The Bertz CT molecular complexity index is 784. The summed E-state index contributed by atoms with van der Waals surface area (Å²) < 4.78 is 16.4. The normalized spacial score (nSPS) is 16.2. The fourth-order valence-electron chi connectivity index (χ4n) is 3.27. The van der Waals surface area contributed by atoms with Gasteiger partial charge in [0, 0.05) is 32.6 Å². The summed E-state index contributed by atoms with van der Waals surface area (Å²) in [6.45, 7) is 6.76. The molecule has 0 spiro atoms. The first kappa shape index (κ1) is 19.2. The van der Waals surface area contributed by atoms with Crippen LogP contribution in [-0.4, -0.2) is 66.3 Å². The zero-order valence-corrected chi connectivity index (χ0v) is 16.3. The van der Waals surface area contributed by atoms with Crippen LogP contribution in [0.2, 0.25) is 0 Å². The van der Waals surface area contributed by atoms with E-state index in [1.165, 1.54) is 0 Å². The average molecular weight is 374 g/mol. The highest BCUT2D eigenvalue weighted by Gasteiger charge is 2.29. The van der Waals surface area contributed by atoms with Gasteiger partial charge in [-0.2, -0.15) is 0 Å². The predicted molar refractivity (Wildman–Crippen MR) is 99.1 cm³/mol. The molecule has 2 aromatic rings. The first-order valence-electron chi connectivity index (χ1n) is 9.15. The number of rotatable bonds is 6. The van der Waals surface area contributed by atoms with Crippen molar-refractivity contribution in [2.24, 2.45) is 0 Å². The molecule has 8 nitrogen and oxygen atoms in total. The highest BCUT2D eigenvalue weighted by molar-refractivity contribution is 5.97. The standard InChI is InChI=1S/C19H26N4O4/c1-5-16-20-21-18(27-16)13(2)22-9-11-23(12-10-22)19(24)14-7-6-8-15(25-3)17(14)26-4/h6-8,13H,5,9-12H2,1-4H3/t13-/m1/s1. The van der Waals surface area contributed by atoms with Gasteiger partial charge >= 0.3 is 0 Å². The first-order valence-corrected chi connectivity index (χ1v) is 9.15. The molecule has 8 heteroatoms. The van der Waals surface area contributed by atoms with Crippen molar-refractivity contribution in [3.63, 3.8) is 0 Å². The van der Waals surface area contributed by atoms with E-state index in [1.807, 2.05) is 11.8 Å². The predicted octanol–water partition coefficient (Wildman–Crippen LogP) is 2.17. The maximum absolute atomic E-state index is 13.0. The quantitative estimate of drug-likeness (QED) is 0.766. The van der Waals surface area contributed by atoms with Gasteiger partial charge in [-0.05, 0) is 19.1 Å². The second-order valence-electron chi connectivity index (χ2n) is 6.43. The molecule has 0 N–H and O–H groups in total. The number of carbonyl (C=O) groups excluding carboxylic acids is 1. The van der Waals surface area contributed by atoms with E-state index in [1.54, 1.807) is 32.4 Å². The Hall–Kier alpha value is -2.61. The number of aromatic nitrogens is 2. The molecular weight excluding hydrogens is 348 g/mol. The molecule has 1 atom stereocenters. The second kappa shape index (κ2) is 8.39. The number of methoxy groups -OCH3 is 2. The van der Waals surface area contributed by atoms with Crippen molar-refractivity contribution in [3.8, 4) is 11.5 Å². The minimum Gasteiger partial charge on any atom is -0.493 e. The molecule has 146 valence electrons. The third-order valence-corrected chi connectivity index (χ3v) is 4.92. The summed E-state index contributed by atoms with van der Waals surface area (Å²) in [6, 6.07) is 5.38. The van der Waals surface area contributed by atoms with E-state index in [0.717, 1.165) is 19.5 Å². The fourth-order valence-corrected chi connectivity index (χ4v) is 3.27. The molecule has 3 rings (SSSR count). The Morgan fingerprint density at radius 2 is 1.93 bits per heavy atom. The number of amides is 1. The van der Waals surface area contributed by atoms with Crippen LogP contribution in [-0.2, 0) is 6.42 Å². The molecule has 0 aliphatic carbocycles. The summed E-state index contributed by atoms with van der Waals surface area (Å²) in [5.74, 6) is 2.25. The van der Waals surface area contributed by atoms with Crippen molar-refractivity contribution in [2.45, 2.75) is 26.3 Å². The molecule has 0 unspecified atom stereocenters. The SMILES string of the molecule is CCc1nnc([C@@H](C)N2CCN(C(=O)c3cccc(OC)c3OC)CC2)o1. The van der Waals surface area contributed by atoms with E-state index in [4.69, 9.17) is 13.9 Å². The minimum atomic E-state index is -0.0517. The second-order valence-corrected chi connectivity index (χ2v) is 6.43. The Morgan fingerprint density at radius 3 is 2.52 bits per heavy atom. The molecule has 1 aromatic heterocycles. The lowest BCUT2D eigenvalue weighted by atomic mass is 10.1. The number of para-hydroxylation sites is 1. The van der Waals surface area contributed by atoms with Crippen LogP contribution in [0.4, 0.5) is 0 Å². The van der Waals surface area contributed by atoms with Crippen molar-refractivity contribution in [3.05, 3.63) is 35.5 Å². The number of carbonyl (C=O) groups is 1. The van der Waals surface area contributed by atoms with Gasteiger partial charge in [0.2, 0.25) is 11.8 Å². The third kappa shape index (κ3) is 3.90. The van der Waals surface area contributed by atoms with Gasteiger partial charge in [0.05, 0.1) is 25.8 Å². The number of nitrogens with zero attached hydrogens (tertiary/aromatic N) is 4. The monoisotopic (exact) mass is 374 g/mol. The number of benzene rings is 1. The number of hydrogen-bond donors (Lipinski definition) is 0. The maximum atomic E-state index is 13.0. The Kier molecular flexibility index (Phi) is 5.95. The lowest BCUT2D eigenvalue weighted by molar-refractivity contribution is 0.0554. The van der Waals surface area contributed by atoms with Crippen molar-refractivity contribution in [1.82, 2.24) is 20.0 Å². The van der Waals surface area contributed by atoms with Crippen LogP contribution in [0.25, 0.3) is 0 Å². The summed E-state index contributed by atoms with van der Waals surface area (Å²) in [5, 5.41) is 8.17. The smallest absolute Gasteiger partial charge is 0.257 e. The molecule has 0 radical (unpaired) electrons. The van der Waals surface area contributed by atoms with Crippen LogP contribution in [0.1, 0.15) is 42.0 Å². The number of ether oxygens (including phenoxy) is 2. The molecule has 27 heavy (non-hydrogen) atoms. The molecule has 1 fully saturated rings. The summed E-state index contributed by atoms with van der Waals surface area (Å²) in [4.78, 5) is 17.1. The van der Waals surface area contributed by atoms with Crippen LogP contribution in [0.5, 0.6) is 11.5 Å². The Balaban J connectivity index is 1.66. The van der Waals surface area contributed by atoms with E-state index in [2.05, 4.69) is 22.0 Å². The molecule has 1 aromatic carbocycles. The summed E-state index contributed by atoms with van der Waals surface area (Å²) >= 11 is 0. The minimum absolute atomic E-state index is 0.0291. The van der Waals surface area contributed by atoms with Crippen molar-refractivity contribution < 1.29 is 18.7 Å². The van der Waals surface area contributed by atoms with Gasteiger partial charge < -0.3 is 18.8 Å². The Morgan fingerprint density at radius 1 is 1.19 bits per heavy atom. The van der Waals surface area contributed by atoms with E-state index in [0.29, 0.717) is 41.9 Å². The topological polar surface area (TPSA) is 80.9 Å². The number of aryl methyl sites for hydroxylation is 1. The Labute approximate surface area is 159 Å². The molecule has 1 aliphatic heterocycles. The van der Waals surface area contributed by atoms with Crippen molar-refractivity contribution in [2.75, 3.05) is 40.4 Å². The summed E-state index contributed by atoms with van der Waals surface area (Å²) in [5.41, 5.74) is 0.517. The van der Waals surface area contributed by atoms with E-state index >= 15 is 0 Å².